The number of hydrogen-bond donors (Lipinski definition) is 1. The van der Waals surface area contributed by atoms with Gasteiger partial charge in [0.15, 0.2) is 4.96 Å². The van der Waals surface area contributed by atoms with Crippen LogP contribution in [0.15, 0.2) is 11.6 Å². The summed E-state index contributed by atoms with van der Waals surface area (Å²) in [5.41, 5.74) is 2.44. The number of fused-ring (bicyclic) bond motifs is 1. The van der Waals surface area contributed by atoms with Gasteiger partial charge in [-0.3, -0.25) is 4.40 Å². The van der Waals surface area contributed by atoms with E-state index < -0.39 is 0 Å². The monoisotopic (exact) mass is 292 g/mol. The Morgan fingerprint density at radius 3 is 3.05 bits per heavy atom. The Morgan fingerprint density at radius 2 is 2.25 bits per heavy atom. The molecule has 3 rings (SSSR count). The van der Waals surface area contributed by atoms with E-state index in [-0.39, 0.29) is 0 Å². The summed E-state index contributed by atoms with van der Waals surface area (Å²) in [4.78, 5) is 8.20. The molecule has 0 spiro atoms. The van der Waals surface area contributed by atoms with Gasteiger partial charge in [0.2, 0.25) is 0 Å². The fraction of sp³-hybridized carbons (Fsp3) is 0.667. The van der Waals surface area contributed by atoms with Crippen molar-refractivity contribution in [3.8, 4) is 0 Å². The minimum atomic E-state index is 0.817. The Kier molecular flexibility index (Phi) is 4.38. The van der Waals surface area contributed by atoms with Crippen LogP contribution < -0.4 is 5.32 Å². The van der Waals surface area contributed by atoms with Crippen LogP contribution in [-0.4, -0.2) is 40.5 Å². The van der Waals surface area contributed by atoms with Gasteiger partial charge in [0.1, 0.15) is 0 Å². The normalized spacial score (nSPS) is 16.8. The van der Waals surface area contributed by atoms with Crippen molar-refractivity contribution in [3.05, 3.63) is 23.0 Å². The molecule has 0 bridgehead atoms. The number of likely N-dealkylation sites (N-methyl/N-ethyl adjacent to an activating group) is 1. The average molecular weight is 292 g/mol. The lowest BCUT2D eigenvalue weighted by Crippen LogP contribution is -2.35. The highest BCUT2D eigenvalue weighted by Gasteiger charge is 2.18. The van der Waals surface area contributed by atoms with Gasteiger partial charge in [-0.25, -0.2) is 4.98 Å². The first kappa shape index (κ1) is 14.0. The highest BCUT2D eigenvalue weighted by atomic mass is 32.1. The smallest absolute Gasteiger partial charge is 0.194 e. The summed E-state index contributed by atoms with van der Waals surface area (Å²) >= 11 is 1.70. The standard InChI is InChI=1S/C15H24N4S/c1-12-14(19-9-10-20-15(19)17-12)11-16-7-8-18(2)13-5-3-4-6-13/h9-10,13,16H,3-8,11H2,1-2H3. The highest BCUT2D eigenvalue weighted by molar-refractivity contribution is 7.15. The fourth-order valence-corrected chi connectivity index (χ4v) is 3.92. The number of nitrogens with zero attached hydrogens (tertiary/aromatic N) is 3. The van der Waals surface area contributed by atoms with Gasteiger partial charge in [-0.1, -0.05) is 12.8 Å². The van der Waals surface area contributed by atoms with E-state index in [4.69, 9.17) is 0 Å². The van der Waals surface area contributed by atoms with Crippen LogP contribution in [0, 0.1) is 6.92 Å². The third-order valence-electron chi connectivity index (χ3n) is 4.44. The summed E-state index contributed by atoms with van der Waals surface area (Å²) in [6.45, 7) is 5.18. The second kappa shape index (κ2) is 6.24. The minimum Gasteiger partial charge on any atom is -0.310 e. The van der Waals surface area contributed by atoms with E-state index in [2.05, 4.69) is 45.1 Å². The topological polar surface area (TPSA) is 32.6 Å². The zero-order valence-electron chi connectivity index (χ0n) is 12.4. The molecule has 1 N–H and O–H groups in total. The van der Waals surface area contributed by atoms with Crippen molar-refractivity contribution >= 4 is 16.3 Å². The van der Waals surface area contributed by atoms with Crippen LogP contribution in [0.4, 0.5) is 0 Å². The van der Waals surface area contributed by atoms with Crippen LogP contribution in [0.5, 0.6) is 0 Å². The maximum atomic E-state index is 4.58. The molecule has 0 aliphatic heterocycles. The zero-order valence-corrected chi connectivity index (χ0v) is 13.2. The number of aryl methyl sites for hydroxylation is 1. The fourth-order valence-electron chi connectivity index (χ4n) is 3.14. The first-order chi connectivity index (χ1) is 9.75. The summed E-state index contributed by atoms with van der Waals surface area (Å²) in [5.74, 6) is 0. The van der Waals surface area contributed by atoms with Crippen LogP contribution in [0.2, 0.25) is 0 Å². The molecule has 2 heterocycles. The molecule has 20 heavy (non-hydrogen) atoms. The highest BCUT2D eigenvalue weighted by Crippen LogP contribution is 2.22. The molecule has 1 saturated carbocycles. The number of imidazole rings is 1. The SMILES string of the molecule is Cc1nc2sccn2c1CNCCN(C)C1CCCC1. The molecule has 0 saturated heterocycles. The molecule has 0 aromatic carbocycles. The largest absolute Gasteiger partial charge is 0.310 e. The lowest BCUT2D eigenvalue weighted by Gasteiger charge is -2.23. The number of nitrogens with one attached hydrogen (secondary N) is 1. The van der Waals surface area contributed by atoms with E-state index in [1.165, 1.54) is 31.4 Å². The van der Waals surface area contributed by atoms with Crippen molar-refractivity contribution in [1.82, 2.24) is 19.6 Å². The summed E-state index contributed by atoms with van der Waals surface area (Å²) in [7, 11) is 2.26. The Balaban J connectivity index is 1.47. The lowest BCUT2D eigenvalue weighted by atomic mass is 10.2. The van der Waals surface area contributed by atoms with Gasteiger partial charge in [-0.15, -0.1) is 11.3 Å². The van der Waals surface area contributed by atoms with Crippen LogP contribution >= 0.6 is 11.3 Å². The van der Waals surface area contributed by atoms with Crippen molar-refractivity contribution in [3.63, 3.8) is 0 Å². The molecule has 2 aromatic heterocycles. The van der Waals surface area contributed by atoms with Crippen molar-refractivity contribution in [2.75, 3.05) is 20.1 Å². The molecule has 0 amide bonds. The lowest BCUT2D eigenvalue weighted by molar-refractivity contribution is 0.245. The Hall–Kier alpha value is -0.910. The summed E-state index contributed by atoms with van der Waals surface area (Å²) in [5, 5.41) is 5.66. The first-order valence-electron chi connectivity index (χ1n) is 7.57. The third kappa shape index (κ3) is 2.90. The van der Waals surface area contributed by atoms with Crippen molar-refractivity contribution in [2.24, 2.45) is 0 Å². The van der Waals surface area contributed by atoms with Gasteiger partial charge in [-0.2, -0.15) is 0 Å². The minimum absolute atomic E-state index is 0.817. The van der Waals surface area contributed by atoms with E-state index in [0.29, 0.717) is 0 Å². The average Bonchev–Trinajstić information content (AvgIpc) is 3.12. The van der Waals surface area contributed by atoms with E-state index in [1.807, 2.05) is 0 Å². The summed E-state index contributed by atoms with van der Waals surface area (Å²) in [6.07, 6.45) is 7.70. The molecule has 0 atom stereocenters. The van der Waals surface area contributed by atoms with E-state index in [0.717, 1.165) is 36.3 Å². The van der Waals surface area contributed by atoms with E-state index in [1.54, 1.807) is 11.3 Å². The second-order valence-corrected chi connectivity index (χ2v) is 6.67. The molecule has 0 unspecified atom stereocenters. The van der Waals surface area contributed by atoms with Gasteiger partial charge in [0.25, 0.3) is 0 Å². The molecular formula is C15H24N4S. The van der Waals surface area contributed by atoms with Gasteiger partial charge in [0, 0.05) is 37.3 Å². The summed E-state index contributed by atoms with van der Waals surface area (Å²) < 4.78 is 2.20. The van der Waals surface area contributed by atoms with Crippen molar-refractivity contribution in [2.45, 2.75) is 45.2 Å². The quantitative estimate of drug-likeness (QED) is 0.831. The first-order valence-corrected chi connectivity index (χ1v) is 8.45. The van der Waals surface area contributed by atoms with Crippen LogP contribution in [0.3, 0.4) is 0 Å². The van der Waals surface area contributed by atoms with Gasteiger partial charge in [-0.05, 0) is 26.8 Å². The van der Waals surface area contributed by atoms with Crippen molar-refractivity contribution in [1.29, 1.82) is 0 Å². The van der Waals surface area contributed by atoms with Crippen LogP contribution in [0.25, 0.3) is 4.96 Å². The molecule has 1 aliphatic rings. The molecule has 1 fully saturated rings. The predicted octanol–water partition coefficient (Wildman–Crippen LogP) is 2.67. The van der Waals surface area contributed by atoms with Gasteiger partial charge in [0.05, 0.1) is 11.4 Å². The molecule has 4 nitrogen and oxygen atoms in total. The van der Waals surface area contributed by atoms with E-state index in [9.17, 15) is 0 Å². The number of hydrogen-bond acceptors (Lipinski definition) is 4. The molecular weight excluding hydrogens is 268 g/mol. The molecule has 2 aromatic rings. The number of rotatable bonds is 6. The number of thiazole rings is 1. The number of aromatic nitrogens is 2. The summed E-state index contributed by atoms with van der Waals surface area (Å²) in [6, 6.07) is 0.817. The Bertz CT molecular complexity index is 553. The van der Waals surface area contributed by atoms with Gasteiger partial charge < -0.3 is 10.2 Å². The molecule has 0 radical (unpaired) electrons. The van der Waals surface area contributed by atoms with Crippen LogP contribution in [-0.2, 0) is 6.54 Å². The second-order valence-electron chi connectivity index (χ2n) is 5.80. The van der Waals surface area contributed by atoms with E-state index >= 15 is 0 Å². The zero-order chi connectivity index (χ0) is 13.9. The molecule has 5 heteroatoms. The Labute approximate surface area is 124 Å². The Morgan fingerprint density at radius 1 is 1.45 bits per heavy atom. The van der Waals surface area contributed by atoms with Crippen LogP contribution in [0.1, 0.15) is 37.1 Å². The molecule has 1 aliphatic carbocycles. The molecule has 110 valence electrons. The maximum absolute atomic E-state index is 4.58. The van der Waals surface area contributed by atoms with Crippen molar-refractivity contribution < 1.29 is 0 Å². The predicted molar refractivity (Wildman–Crippen MR) is 84.4 cm³/mol. The van der Waals surface area contributed by atoms with Gasteiger partial charge >= 0.3 is 0 Å². The third-order valence-corrected chi connectivity index (χ3v) is 5.20. The maximum Gasteiger partial charge on any atom is 0.194 e.